The Morgan fingerprint density at radius 1 is 1.22 bits per heavy atom. The number of benzene rings is 1. The molecule has 1 heterocycles. The highest BCUT2D eigenvalue weighted by molar-refractivity contribution is 6.12. The quantitative estimate of drug-likeness (QED) is 0.854. The van der Waals surface area contributed by atoms with Crippen molar-refractivity contribution in [1.82, 2.24) is 10.2 Å². The molecule has 1 fully saturated rings. The molecule has 1 aromatic carbocycles. The zero-order valence-corrected chi connectivity index (χ0v) is 14.9. The summed E-state index contributed by atoms with van der Waals surface area (Å²) >= 11 is 0. The van der Waals surface area contributed by atoms with Gasteiger partial charge in [0.15, 0.2) is 5.78 Å². The first-order valence-corrected chi connectivity index (χ1v) is 8.56. The topological polar surface area (TPSA) is 66.5 Å². The lowest BCUT2D eigenvalue weighted by Gasteiger charge is -2.33. The molecule has 1 aliphatic carbocycles. The standard InChI is InChI=1S/C19H19F3N2O3/c1-11-15(12(2)25)18(19(20,21)22,23-16(26)14-8-9-14)17(27)24(11)10-13-6-4-3-5-7-13/h3-7,14H,8-10H2,1-2H3,(H,23,26)/t18-/m1/s1. The van der Waals surface area contributed by atoms with E-state index in [-0.39, 0.29) is 12.2 Å². The molecular formula is C19H19F3N2O3. The van der Waals surface area contributed by atoms with Crippen LogP contribution in [0.1, 0.15) is 32.3 Å². The van der Waals surface area contributed by atoms with E-state index in [1.54, 1.807) is 30.3 Å². The fraction of sp³-hybridized carbons (Fsp3) is 0.421. The van der Waals surface area contributed by atoms with Gasteiger partial charge in [0.25, 0.3) is 5.91 Å². The van der Waals surface area contributed by atoms with Gasteiger partial charge in [0.1, 0.15) is 0 Å². The molecule has 2 amide bonds. The maximum absolute atomic E-state index is 14.2. The van der Waals surface area contributed by atoms with Crippen molar-refractivity contribution < 1.29 is 27.6 Å². The number of halogens is 3. The van der Waals surface area contributed by atoms with E-state index in [1.165, 1.54) is 6.92 Å². The van der Waals surface area contributed by atoms with Gasteiger partial charge < -0.3 is 10.2 Å². The highest BCUT2D eigenvalue weighted by Gasteiger charge is 2.70. The molecule has 0 spiro atoms. The SMILES string of the molecule is CC(=O)C1=C(C)N(Cc2ccccc2)C(=O)[C@@]1(NC(=O)C1CC1)C(F)(F)F. The number of hydrogen-bond donors (Lipinski definition) is 1. The van der Waals surface area contributed by atoms with Crippen LogP contribution in [0.3, 0.4) is 0 Å². The Kier molecular flexibility index (Phi) is 4.61. The number of carbonyl (C=O) groups excluding carboxylic acids is 3. The maximum Gasteiger partial charge on any atom is 0.425 e. The van der Waals surface area contributed by atoms with Crippen LogP contribution in [0, 0.1) is 5.92 Å². The van der Waals surface area contributed by atoms with E-state index >= 15 is 0 Å². The van der Waals surface area contributed by atoms with Crippen molar-refractivity contribution in [1.29, 1.82) is 0 Å². The molecule has 0 saturated heterocycles. The molecule has 27 heavy (non-hydrogen) atoms. The van der Waals surface area contributed by atoms with Crippen LogP contribution < -0.4 is 5.32 Å². The lowest BCUT2D eigenvalue weighted by Crippen LogP contribution is -2.66. The molecule has 0 bridgehead atoms. The Morgan fingerprint density at radius 2 is 1.81 bits per heavy atom. The number of nitrogens with zero attached hydrogens (tertiary/aromatic N) is 1. The smallest absolute Gasteiger partial charge is 0.330 e. The molecule has 8 heteroatoms. The summed E-state index contributed by atoms with van der Waals surface area (Å²) in [6.45, 7) is 2.15. The third-order valence-corrected chi connectivity index (χ3v) is 4.93. The minimum absolute atomic E-state index is 0.0928. The number of carbonyl (C=O) groups is 3. The van der Waals surface area contributed by atoms with Gasteiger partial charge in [-0.1, -0.05) is 30.3 Å². The van der Waals surface area contributed by atoms with E-state index in [0.29, 0.717) is 18.4 Å². The lowest BCUT2D eigenvalue weighted by atomic mass is 9.86. The minimum Gasteiger partial charge on any atom is -0.330 e. The second-order valence-corrected chi connectivity index (χ2v) is 6.90. The lowest BCUT2D eigenvalue weighted by molar-refractivity contribution is -0.194. The van der Waals surface area contributed by atoms with Crippen LogP contribution >= 0.6 is 0 Å². The minimum atomic E-state index is -5.15. The highest BCUT2D eigenvalue weighted by Crippen LogP contribution is 2.46. The summed E-state index contributed by atoms with van der Waals surface area (Å²) in [5.74, 6) is -3.65. The number of amides is 2. The molecular weight excluding hydrogens is 361 g/mol. The first kappa shape index (κ1) is 19.1. The molecule has 1 atom stereocenters. The van der Waals surface area contributed by atoms with Gasteiger partial charge in [-0.25, -0.2) is 0 Å². The van der Waals surface area contributed by atoms with E-state index in [9.17, 15) is 27.6 Å². The summed E-state index contributed by atoms with van der Waals surface area (Å²) in [6, 6.07) is 8.49. The molecule has 5 nitrogen and oxygen atoms in total. The zero-order valence-electron chi connectivity index (χ0n) is 14.9. The normalized spacial score (nSPS) is 23.0. The molecule has 1 saturated carbocycles. The number of rotatable bonds is 5. The predicted octanol–water partition coefficient (Wildman–Crippen LogP) is 2.72. The van der Waals surface area contributed by atoms with Crippen LogP contribution in [0.15, 0.2) is 41.6 Å². The van der Waals surface area contributed by atoms with E-state index in [0.717, 1.165) is 11.8 Å². The molecule has 1 aromatic rings. The van der Waals surface area contributed by atoms with Crippen LogP contribution in [-0.4, -0.2) is 34.2 Å². The number of Topliss-reactive ketones (excluding diaryl/α,β-unsaturated/α-hetero) is 1. The molecule has 0 aromatic heterocycles. The summed E-state index contributed by atoms with van der Waals surface area (Å²) in [5.41, 5.74) is -3.54. The number of hydrogen-bond acceptors (Lipinski definition) is 3. The van der Waals surface area contributed by atoms with Gasteiger partial charge in [-0.3, -0.25) is 14.4 Å². The van der Waals surface area contributed by atoms with Crippen molar-refractivity contribution in [2.45, 2.75) is 44.9 Å². The fourth-order valence-corrected chi connectivity index (χ4v) is 3.43. The van der Waals surface area contributed by atoms with Gasteiger partial charge in [0.2, 0.25) is 11.4 Å². The Balaban J connectivity index is 2.09. The molecule has 3 rings (SSSR count). The maximum atomic E-state index is 14.2. The van der Waals surface area contributed by atoms with Crippen LogP contribution in [-0.2, 0) is 20.9 Å². The summed E-state index contributed by atoms with van der Waals surface area (Å²) in [7, 11) is 0. The molecule has 0 radical (unpaired) electrons. The van der Waals surface area contributed by atoms with Crippen molar-refractivity contribution in [3.05, 3.63) is 47.2 Å². The van der Waals surface area contributed by atoms with Gasteiger partial charge in [-0.2, -0.15) is 13.2 Å². The Morgan fingerprint density at radius 3 is 2.30 bits per heavy atom. The summed E-state index contributed by atoms with van der Waals surface area (Å²) in [5, 5.41) is 1.89. The number of ketones is 1. The van der Waals surface area contributed by atoms with Crippen LogP contribution in [0.25, 0.3) is 0 Å². The van der Waals surface area contributed by atoms with E-state index < -0.39 is 40.8 Å². The van der Waals surface area contributed by atoms with Crippen molar-refractivity contribution in [3.63, 3.8) is 0 Å². The largest absolute Gasteiger partial charge is 0.425 e. The highest BCUT2D eigenvalue weighted by atomic mass is 19.4. The van der Waals surface area contributed by atoms with Crippen LogP contribution in [0.4, 0.5) is 13.2 Å². The Bertz CT molecular complexity index is 828. The van der Waals surface area contributed by atoms with E-state index in [4.69, 9.17) is 0 Å². The van der Waals surface area contributed by atoms with Gasteiger partial charge in [0.05, 0.1) is 12.1 Å². The van der Waals surface area contributed by atoms with E-state index in [2.05, 4.69) is 0 Å². The second-order valence-electron chi connectivity index (χ2n) is 6.90. The van der Waals surface area contributed by atoms with Gasteiger partial charge >= 0.3 is 6.18 Å². The summed E-state index contributed by atoms with van der Waals surface area (Å²) < 4.78 is 42.5. The number of nitrogens with one attached hydrogen (secondary N) is 1. The first-order chi connectivity index (χ1) is 12.6. The Labute approximate surface area is 154 Å². The average molecular weight is 380 g/mol. The van der Waals surface area contributed by atoms with Crippen molar-refractivity contribution in [2.75, 3.05) is 0 Å². The van der Waals surface area contributed by atoms with Gasteiger partial charge in [0, 0.05) is 11.6 Å². The fourth-order valence-electron chi connectivity index (χ4n) is 3.43. The van der Waals surface area contributed by atoms with Gasteiger partial charge in [-0.15, -0.1) is 0 Å². The monoisotopic (exact) mass is 380 g/mol. The molecule has 0 unspecified atom stereocenters. The molecule has 144 valence electrons. The van der Waals surface area contributed by atoms with Gasteiger partial charge in [-0.05, 0) is 32.3 Å². The summed E-state index contributed by atoms with van der Waals surface area (Å²) in [6.07, 6.45) is -4.21. The first-order valence-electron chi connectivity index (χ1n) is 8.56. The van der Waals surface area contributed by atoms with Crippen molar-refractivity contribution in [2.24, 2.45) is 5.92 Å². The van der Waals surface area contributed by atoms with Crippen LogP contribution in [0.5, 0.6) is 0 Å². The third kappa shape index (κ3) is 3.13. The zero-order chi connectivity index (χ0) is 20.0. The summed E-state index contributed by atoms with van der Waals surface area (Å²) in [4.78, 5) is 38.2. The average Bonchev–Trinajstić information content (AvgIpc) is 3.40. The van der Waals surface area contributed by atoms with Crippen molar-refractivity contribution >= 4 is 17.6 Å². The molecule has 2 aliphatic rings. The van der Waals surface area contributed by atoms with Crippen LogP contribution in [0.2, 0.25) is 0 Å². The number of allylic oxidation sites excluding steroid dienone is 1. The third-order valence-electron chi connectivity index (χ3n) is 4.93. The molecule has 1 aliphatic heterocycles. The Hall–Kier alpha value is -2.64. The molecule has 1 N–H and O–H groups in total. The van der Waals surface area contributed by atoms with E-state index in [1.807, 2.05) is 5.32 Å². The second kappa shape index (κ2) is 6.51. The van der Waals surface area contributed by atoms with Crippen molar-refractivity contribution in [3.8, 4) is 0 Å². The number of alkyl halides is 3. The predicted molar refractivity (Wildman–Crippen MR) is 90.0 cm³/mol.